The van der Waals surface area contributed by atoms with Gasteiger partial charge in [0.15, 0.2) is 0 Å². The molecule has 4 aromatic heterocycles. The molecule has 2 atom stereocenters. The minimum atomic E-state index is -0.101. The van der Waals surface area contributed by atoms with Crippen molar-refractivity contribution in [2.24, 2.45) is 11.8 Å². The molecular weight excluding hydrogens is 685 g/mol. The predicted octanol–water partition coefficient (Wildman–Crippen LogP) is 7.63. The number of hydrogen-bond acceptors (Lipinski definition) is 4. The Labute approximate surface area is 324 Å². The maximum absolute atomic E-state index is 4.78. The molecule has 6 heteroatoms. The lowest BCUT2D eigenvalue weighted by Gasteiger charge is -2.23. The molecule has 4 aromatic carbocycles. The van der Waals surface area contributed by atoms with E-state index in [0.717, 1.165) is 12.8 Å². The SMILES string of the molecule is CC1(C)c2ccccc2-c2cc3c4c(n(-c5ncccn5)c3cc21)=CCC(C1C=c2c(n(-c3ncccn3)c3cc5c(cc23)-c2ccccc2C5(C)C)=CC1)C=4. The van der Waals surface area contributed by atoms with Crippen LogP contribution < -0.4 is 21.1 Å². The number of aromatic nitrogens is 6. The van der Waals surface area contributed by atoms with E-state index in [0.29, 0.717) is 23.7 Å². The van der Waals surface area contributed by atoms with Gasteiger partial charge in [-0.15, -0.1) is 0 Å². The number of rotatable bonds is 3. The largest absolute Gasteiger partial charge is 0.278 e. The Bertz CT molecular complexity index is 3040. The van der Waals surface area contributed by atoms with E-state index < -0.39 is 0 Å². The average molecular weight is 725 g/mol. The highest BCUT2D eigenvalue weighted by atomic mass is 15.2. The van der Waals surface area contributed by atoms with Crippen molar-refractivity contribution in [2.75, 3.05) is 0 Å². The fraction of sp³-hybridized carbons (Fsp3) is 0.200. The van der Waals surface area contributed by atoms with E-state index in [2.05, 4.69) is 134 Å². The first-order chi connectivity index (χ1) is 27.3. The zero-order chi connectivity index (χ0) is 37.5. The van der Waals surface area contributed by atoms with Crippen LogP contribution in [0.1, 0.15) is 62.8 Å². The summed E-state index contributed by atoms with van der Waals surface area (Å²) in [4.78, 5) is 19.1. The molecule has 0 aliphatic heterocycles. The van der Waals surface area contributed by atoms with Crippen molar-refractivity contribution in [3.63, 3.8) is 0 Å². The van der Waals surface area contributed by atoms with Crippen LogP contribution in [0.4, 0.5) is 0 Å². The minimum Gasteiger partial charge on any atom is -0.278 e. The van der Waals surface area contributed by atoms with Crippen LogP contribution in [0, 0.1) is 11.8 Å². The monoisotopic (exact) mass is 724 g/mol. The van der Waals surface area contributed by atoms with Crippen LogP contribution in [0.5, 0.6) is 0 Å². The normalized spacial score (nSPS) is 19.1. The molecule has 0 bridgehead atoms. The maximum Gasteiger partial charge on any atom is 0.234 e. The van der Waals surface area contributed by atoms with E-state index in [1.165, 1.54) is 87.4 Å². The van der Waals surface area contributed by atoms with Crippen molar-refractivity contribution in [2.45, 2.75) is 51.4 Å². The third kappa shape index (κ3) is 4.16. The molecule has 6 nitrogen and oxygen atoms in total. The quantitative estimate of drug-likeness (QED) is 0.188. The van der Waals surface area contributed by atoms with E-state index >= 15 is 0 Å². The highest BCUT2D eigenvalue weighted by Gasteiger charge is 2.38. The van der Waals surface area contributed by atoms with Gasteiger partial charge in [0.1, 0.15) is 0 Å². The summed E-state index contributed by atoms with van der Waals surface area (Å²) in [6.45, 7) is 9.40. The molecule has 12 rings (SSSR count). The molecule has 8 aromatic rings. The van der Waals surface area contributed by atoms with Crippen molar-refractivity contribution in [3.05, 3.63) is 153 Å². The van der Waals surface area contributed by atoms with Crippen molar-refractivity contribution in [1.82, 2.24) is 29.1 Å². The molecule has 0 radical (unpaired) electrons. The lowest BCUT2D eigenvalue weighted by atomic mass is 9.81. The van der Waals surface area contributed by atoms with E-state index in [9.17, 15) is 0 Å². The Hall–Kier alpha value is -6.40. The van der Waals surface area contributed by atoms with Crippen LogP contribution in [0.2, 0.25) is 0 Å². The third-order valence-electron chi connectivity index (χ3n) is 13.5. The predicted molar refractivity (Wildman–Crippen MR) is 225 cm³/mol. The first-order valence-electron chi connectivity index (χ1n) is 19.9. The standard InChI is InChI=1S/C50H40N6/c1-49(2)39-13-7-5-11-31(39)33-25-37-35-23-29(15-17-43(35)55(45(37)27-41(33)49)47-51-19-9-20-52-47)30-16-18-44-36(24-30)38-26-34-32-12-6-8-14-40(32)50(3,4)42(34)28-46(38)56(44)48-53-21-10-22-54-48/h5-14,17-30H,15-16H2,1-4H3. The van der Waals surface area contributed by atoms with Crippen LogP contribution in [-0.4, -0.2) is 29.1 Å². The number of hydrogen-bond donors (Lipinski definition) is 0. The molecule has 2 unspecified atom stereocenters. The molecule has 0 saturated heterocycles. The Kier molecular flexibility index (Phi) is 6.32. The number of fused-ring (bicyclic) bond motifs is 12. The van der Waals surface area contributed by atoms with Gasteiger partial charge in [-0.05, 0) is 106 Å². The van der Waals surface area contributed by atoms with Gasteiger partial charge in [-0.1, -0.05) is 101 Å². The number of benzene rings is 4. The van der Waals surface area contributed by atoms with Gasteiger partial charge in [0, 0.05) is 56.8 Å². The molecule has 4 aliphatic carbocycles. The molecule has 0 fully saturated rings. The van der Waals surface area contributed by atoms with Gasteiger partial charge < -0.3 is 0 Å². The topological polar surface area (TPSA) is 61.4 Å². The second-order valence-corrected chi connectivity index (χ2v) is 17.1. The highest BCUT2D eigenvalue weighted by molar-refractivity contribution is 5.95. The summed E-state index contributed by atoms with van der Waals surface area (Å²) in [6, 6.07) is 31.3. The summed E-state index contributed by atoms with van der Waals surface area (Å²) < 4.78 is 4.58. The van der Waals surface area contributed by atoms with Crippen LogP contribution >= 0.6 is 0 Å². The van der Waals surface area contributed by atoms with Gasteiger partial charge >= 0.3 is 0 Å². The van der Waals surface area contributed by atoms with Gasteiger partial charge in [-0.2, -0.15) is 0 Å². The van der Waals surface area contributed by atoms with E-state index in [-0.39, 0.29) is 10.8 Å². The van der Waals surface area contributed by atoms with Crippen molar-refractivity contribution >= 4 is 46.1 Å². The summed E-state index contributed by atoms with van der Waals surface area (Å²) in [7, 11) is 0. The van der Waals surface area contributed by atoms with Crippen molar-refractivity contribution in [3.8, 4) is 34.2 Å². The van der Waals surface area contributed by atoms with Crippen LogP contribution in [0.3, 0.4) is 0 Å². The Balaban J connectivity index is 1.07. The first kappa shape index (κ1) is 31.9. The lowest BCUT2D eigenvalue weighted by Crippen LogP contribution is -2.37. The highest BCUT2D eigenvalue weighted by Crippen LogP contribution is 2.51. The molecule has 0 saturated carbocycles. The van der Waals surface area contributed by atoms with E-state index in [1.54, 1.807) is 0 Å². The molecule has 4 aliphatic rings. The molecule has 0 N–H and O–H groups in total. The summed E-state index contributed by atoms with van der Waals surface area (Å²) in [5.74, 6) is 2.07. The fourth-order valence-corrected chi connectivity index (χ4v) is 10.7. The molecule has 0 amide bonds. The third-order valence-corrected chi connectivity index (χ3v) is 13.5. The fourth-order valence-electron chi connectivity index (χ4n) is 10.7. The zero-order valence-corrected chi connectivity index (χ0v) is 32.0. The van der Waals surface area contributed by atoms with Crippen LogP contribution in [0.15, 0.2) is 110 Å². The Morgan fingerprint density at radius 1 is 0.482 bits per heavy atom. The van der Waals surface area contributed by atoms with Crippen molar-refractivity contribution < 1.29 is 0 Å². The molecule has 270 valence electrons. The lowest BCUT2D eigenvalue weighted by molar-refractivity contribution is 0.543. The maximum atomic E-state index is 4.78. The van der Waals surface area contributed by atoms with Gasteiger partial charge in [0.05, 0.1) is 21.7 Å². The zero-order valence-electron chi connectivity index (χ0n) is 32.0. The Morgan fingerprint density at radius 3 is 1.32 bits per heavy atom. The summed E-state index contributed by atoms with van der Waals surface area (Å²) in [6.07, 6.45) is 19.3. The van der Waals surface area contributed by atoms with Gasteiger partial charge in [0.2, 0.25) is 11.9 Å². The molecule has 0 spiro atoms. The van der Waals surface area contributed by atoms with Crippen molar-refractivity contribution in [1.29, 1.82) is 0 Å². The van der Waals surface area contributed by atoms with E-state index in [1.807, 2.05) is 36.9 Å². The minimum absolute atomic E-state index is 0.101. The number of nitrogens with zero attached hydrogens (tertiary/aromatic N) is 6. The van der Waals surface area contributed by atoms with E-state index in [4.69, 9.17) is 19.9 Å². The first-order valence-corrected chi connectivity index (χ1v) is 19.9. The second-order valence-electron chi connectivity index (χ2n) is 17.1. The Morgan fingerprint density at radius 2 is 0.893 bits per heavy atom. The molecule has 56 heavy (non-hydrogen) atoms. The van der Waals surface area contributed by atoms with Crippen LogP contribution in [-0.2, 0) is 10.8 Å². The van der Waals surface area contributed by atoms with Crippen LogP contribution in [0.25, 0.3) is 80.3 Å². The van der Waals surface area contributed by atoms with Gasteiger partial charge in [0.25, 0.3) is 0 Å². The average Bonchev–Trinajstić information content (AvgIpc) is 3.88. The summed E-state index contributed by atoms with van der Waals surface area (Å²) in [5.41, 5.74) is 12.9. The summed E-state index contributed by atoms with van der Waals surface area (Å²) in [5, 5.41) is 7.46. The van der Waals surface area contributed by atoms with Gasteiger partial charge in [-0.3, -0.25) is 9.13 Å². The summed E-state index contributed by atoms with van der Waals surface area (Å²) >= 11 is 0. The second kappa shape index (κ2) is 11.1. The molecular formula is C50H40N6. The smallest absolute Gasteiger partial charge is 0.234 e. The van der Waals surface area contributed by atoms with Gasteiger partial charge in [-0.25, -0.2) is 19.9 Å². The molecule has 4 heterocycles.